The van der Waals surface area contributed by atoms with Crippen LogP contribution in [-0.4, -0.2) is 48.0 Å². The molecular weight excluding hydrogens is 262 g/mol. The molecule has 1 atom stereocenters. The third-order valence-corrected chi connectivity index (χ3v) is 2.50. The van der Waals surface area contributed by atoms with Gasteiger partial charge in [-0.25, -0.2) is 15.8 Å². The van der Waals surface area contributed by atoms with Crippen molar-refractivity contribution >= 4 is 11.6 Å². The van der Waals surface area contributed by atoms with E-state index in [0.29, 0.717) is 50.2 Å². The molecule has 8 heteroatoms. The number of nitrogens with zero attached hydrogens (tertiary/aromatic N) is 2. The van der Waals surface area contributed by atoms with Gasteiger partial charge in [-0.15, -0.1) is 0 Å². The van der Waals surface area contributed by atoms with Crippen LogP contribution in [-0.2, 0) is 16.1 Å². The highest BCUT2D eigenvalue weighted by molar-refractivity contribution is 5.46. The van der Waals surface area contributed by atoms with Gasteiger partial charge in [-0.2, -0.15) is 0 Å². The summed E-state index contributed by atoms with van der Waals surface area (Å²) >= 11 is 0. The molecular formula is C12H23N5O3. The van der Waals surface area contributed by atoms with Crippen LogP contribution in [0.1, 0.15) is 19.2 Å². The molecule has 0 amide bonds. The summed E-state index contributed by atoms with van der Waals surface area (Å²) in [5.74, 6) is 7.05. The van der Waals surface area contributed by atoms with Crippen LogP contribution in [0.3, 0.4) is 0 Å². The van der Waals surface area contributed by atoms with E-state index in [1.54, 1.807) is 13.2 Å². The van der Waals surface area contributed by atoms with Crippen LogP contribution in [0.25, 0.3) is 0 Å². The van der Waals surface area contributed by atoms with Crippen molar-refractivity contribution in [3.8, 4) is 0 Å². The fourth-order valence-electron chi connectivity index (χ4n) is 1.56. The summed E-state index contributed by atoms with van der Waals surface area (Å²) < 4.78 is 10.1. The Kier molecular flexibility index (Phi) is 7.81. The number of hydrogen-bond donors (Lipinski definition) is 4. The van der Waals surface area contributed by atoms with E-state index in [9.17, 15) is 5.11 Å². The van der Waals surface area contributed by atoms with Crippen molar-refractivity contribution < 1.29 is 14.6 Å². The summed E-state index contributed by atoms with van der Waals surface area (Å²) in [5.41, 5.74) is 2.49. The van der Waals surface area contributed by atoms with E-state index in [1.165, 1.54) is 0 Å². The highest BCUT2D eigenvalue weighted by Crippen LogP contribution is 2.11. The number of nitrogens with two attached hydrogens (primary N) is 1. The van der Waals surface area contributed by atoms with Crippen molar-refractivity contribution in [1.82, 2.24) is 9.97 Å². The lowest BCUT2D eigenvalue weighted by Gasteiger charge is -2.12. The van der Waals surface area contributed by atoms with Crippen LogP contribution in [0.4, 0.5) is 11.6 Å². The van der Waals surface area contributed by atoms with E-state index in [4.69, 9.17) is 15.3 Å². The van der Waals surface area contributed by atoms with E-state index in [0.717, 1.165) is 0 Å². The van der Waals surface area contributed by atoms with Crippen molar-refractivity contribution in [3.05, 3.63) is 11.9 Å². The lowest BCUT2D eigenvalue weighted by atomic mass is 10.2. The molecule has 0 saturated heterocycles. The largest absolute Gasteiger partial charge is 0.391 e. The zero-order chi connectivity index (χ0) is 14.8. The normalized spacial score (nSPS) is 12.2. The van der Waals surface area contributed by atoms with E-state index in [1.807, 2.05) is 6.92 Å². The van der Waals surface area contributed by atoms with Gasteiger partial charge in [-0.1, -0.05) is 0 Å². The van der Waals surface area contributed by atoms with Crippen LogP contribution >= 0.6 is 0 Å². The molecule has 1 aromatic heterocycles. The van der Waals surface area contributed by atoms with Gasteiger partial charge in [0, 0.05) is 26.3 Å². The van der Waals surface area contributed by atoms with Crippen LogP contribution in [0, 0.1) is 0 Å². The Morgan fingerprint density at radius 1 is 1.40 bits per heavy atom. The predicted molar refractivity (Wildman–Crippen MR) is 76.2 cm³/mol. The molecule has 8 nitrogen and oxygen atoms in total. The van der Waals surface area contributed by atoms with E-state index in [-0.39, 0.29) is 0 Å². The van der Waals surface area contributed by atoms with Gasteiger partial charge in [-0.3, -0.25) is 0 Å². The maximum Gasteiger partial charge on any atom is 0.158 e. The van der Waals surface area contributed by atoms with Gasteiger partial charge in [0.15, 0.2) is 5.82 Å². The molecule has 0 fully saturated rings. The molecule has 1 heterocycles. The van der Waals surface area contributed by atoms with Gasteiger partial charge < -0.3 is 25.3 Å². The van der Waals surface area contributed by atoms with Gasteiger partial charge in [0.25, 0.3) is 0 Å². The Balaban J connectivity index is 2.54. The summed E-state index contributed by atoms with van der Waals surface area (Å²) in [6.07, 6.45) is 0.0636. The number of hydrogen-bond acceptors (Lipinski definition) is 8. The lowest BCUT2D eigenvalue weighted by Crippen LogP contribution is -2.19. The van der Waals surface area contributed by atoms with Gasteiger partial charge in [0.2, 0.25) is 0 Å². The maximum absolute atomic E-state index is 9.55. The predicted octanol–water partition coefficient (Wildman–Crippen LogP) is 0.108. The molecule has 0 aromatic carbocycles. The number of ether oxygens (including phenoxy) is 2. The second kappa shape index (κ2) is 9.43. The topological polar surface area (TPSA) is 115 Å². The number of aliphatic hydroxyl groups excluding tert-OH is 1. The number of nitrogens with one attached hydrogen (secondary N) is 2. The monoisotopic (exact) mass is 285 g/mol. The number of nitrogen functional groups attached to an aromatic ring is 1. The molecule has 0 bridgehead atoms. The van der Waals surface area contributed by atoms with Crippen molar-refractivity contribution in [2.24, 2.45) is 5.84 Å². The molecule has 1 unspecified atom stereocenters. The summed E-state index contributed by atoms with van der Waals surface area (Å²) in [7, 11) is 1.56. The van der Waals surface area contributed by atoms with Gasteiger partial charge in [0.1, 0.15) is 18.2 Å². The lowest BCUT2D eigenvalue weighted by molar-refractivity contribution is 0.0615. The number of methoxy groups -OCH3 is 1. The molecule has 5 N–H and O–H groups in total. The zero-order valence-corrected chi connectivity index (χ0v) is 11.9. The quantitative estimate of drug-likeness (QED) is 0.354. The fourth-order valence-corrected chi connectivity index (χ4v) is 1.56. The minimum Gasteiger partial charge on any atom is -0.391 e. The molecule has 0 radical (unpaired) electrons. The van der Waals surface area contributed by atoms with E-state index < -0.39 is 6.10 Å². The number of aliphatic hydroxyl groups is 1. The van der Waals surface area contributed by atoms with Gasteiger partial charge >= 0.3 is 0 Å². The molecule has 0 spiro atoms. The Hall–Kier alpha value is -1.48. The molecule has 114 valence electrons. The smallest absolute Gasteiger partial charge is 0.158 e. The summed E-state index contributed by atoms with van der Waals surface area (Å²) in [4.78, 5) is 8.49. The minimum atomic E-state index is -0.496. The Morgan fingerprint density at radius 3 is 2.80 bits per heavy atom. The second-order valence-electron chi connectivity index (χ2n) is 4.16. The van der Waals surface area contributed by atoms with E-state index in [2.05, 4.69) is 20.7 Å². The molecule has 0 aliphatic rings. The van der Waals surface area contributed by atoms with Crippen molar-refractivity contribution in [2.75, 3.05) is 37.6 Å². The molecule has 0 aliphatic heterocycles. The Labute approximate surface area is 118 Å². The fraction of sp³-hybridized carbons (Fsp3) is 0.667. The highest BCUT2D eigenvalue weighted by Gasteiger charge is 2.06. The first kappa shape index (κ1) is 16.6. The van der Waals surface area contributed by atoms with E-state index >= 15 is 0 Å². The second-order valence-corrected chi connectivity index (χ2v) is 4.16. The first-order chi connectivity index (χ1) is 9.69. The Morgan fingerprint density at radius 2 is 2.15 bits per heavy atom. The van der Waals surface area contributed by atoms with Crippen LogP contribution in [0.15, 0.2) is 6.07 Å². The molecule has 0 aliphatic carbocycles. The average Bonchev–Trinajstić information content (AvgIpc) is 2.45. The first-order valence-corrected chi connectivity index (χ1v) is 6.52. The minimum absolute atomic E-state index is 0.316. The summed E-state index contributed by atoms with van der Waals surface area (Å²) in [6, 6.07) is 1.69. The summed E-state index contributed by atoms with van der Waals surface area (Å²) in [5, 5.41) is 12.7. The zero-order valence-electron chi connectivity index (χ0n) is 11.9. The molecule has 1 aromatic rings. The van der Waals surface area contributed by atoms with Crippen LogP contribution < -0.4 is 16.6 Å². The van der Waals surface area contributed by atoms with Crippen molar-refractivity contribution in [3.63, 3.8) is 0 Å². The summed E-state index contributed by atoms with van der Waals surface area (Å²) in [6.45, 7) is 3.71. The van der Waals surface area contributed by atoms with Crippen LogP contribution in [0.2, 0.25) is 0 Å². The number of anilines is 2. The van der Waals surface area contributed by atoms with Crippen LogP contribution in [0.5, 0.6) is 0 Å². The number of hydrazine groups is 1. The highest BCUT2D eigenvalue weighted by atomic mass is 16.5. The first-order valence-electron chi connectivity index (χ1n) is 6.52. The number of rotatable bonds is 10. The van der Waals surface area contributed by atoms with Crippen molar-refractivity contribution in [2.45, 2.75) is 26.1 Å². The standard InChI is InChI=1S/C12H23N5O3/c1-3-20-8-12-15-10(6-11(16-12)17-13)14-5-4-9(18)7-19-2/h6,9,18H,3-5,7-8,13H2,1-2H3,(H2,14,15,16,17). The Bertz CT molecular complexity index is 391. The maximum atomic E-state index is 9.55. The van der Waals surface area contributed by atoms with Gasteiger partial charge in [-0.05, 0) is 13.3 Å². The third kappa shape index (κ3) is 6.11. The van der Waals surface area contributed by atoms with Gasteiger partial charge in [0.05, 0.1) is 12.7 Å². The SMILES string of the molecule is CCOCc1nc(NN)cc(NCCC(O)COC)n1. The molecule has 1 rings (SSSR count). The van der Waals surface area contributed by atoms with Crippen molar-refractivity contribution in [1.29, 1.82) is 0 Å². The molecule has 0 saturated carbocycles. The average molecular weight is 285 g/mol. The third-order valence-electron chi connectivity index (χ3n) is 2.50. The molecule has 20 heavy (non-hydrogen) atoms. The number of aromatic nitrogens is 2.